The number of carbonyl (C=O) groups excluding carboxylic acids is 1. The van der Waals surface area contributed by atoms with Crippen molar-refractivity contribution in [1.29, 1.82) is 0 Å². The smallest absolute Gasteiger partial charge is 0.348 e. The number of nitrogens with zero attached hydrogens (tertiary/aromatic N) is 3. The van der Waals surface area contributed by atoms with Gasteiger partial charge in [-0.1, -0.05) is 48.5 Å². The molecule has 1 atom stereocenters. The third-order valence-electron chi connectivity index (χ3n) is 6.90. The van der Waals surface area contributed by atoms with Gasteiger partial charge in [-0.25, -0.2) is 14.0 Å². The maximum absolute atomic E-state index is 14.2. The molecule has 3 aromatic rings. The monoisotopic (exact) mass is 503 g/mol. The van der Waals surface area contributed by atoms with E-state index in [0.29, 0.717) is 61.2 Å². The van der Waals surface area contributed by atoms with Crippen molar-refractivity contribution in [3.63, 3.8) is 0 Å². The van der Waals surface area contributed by atoms with Crippen molar-refractivity contribution in [3.05, 3.63) is 98.9 Å². The van der Waals surface area contributed by atoms with Gasteiger partial charge >= 0.3 is 11.7 Å². The molecule has 1 aromatic heterocycles. The fourth-order valence-corrected chi connectivity index (χ4v) is 5.14. The number of rotatable bonds is 6. The van der Waals surface area contributed by atoms with E-state index in [1.165, 1.54) is 6.07 Å². The predicted molar refractivity (Wildman–Crippen MR) is 140 cm³/mol. The molecule has 2 aromatic carbocycles. The van der Waals surface area contributed by atoms with Crippen LogP contribution in [0.15, 0.2) is 70.7 Å². The molecule has 8 nitrogen and oxygen atoms in total. The Kier molecular flexibility index (Phi) is 7.05. The van der Waals surface area contributed by atoms with Crippen LogP contribution in [0.1, 0.15) is 36.5 Å². The molecule has 0 amide bonds. The standard InChI is InChI=1S/C28H30FN5O3/c1-3-37-27(35)22-18(2)30-25-24(23(22)19-9-5-4-6-10-19)26(32-28(36)31-25)34-15-13-33(14-16-34)17-20-11-7-8-12-21(20)29/h4-12,23H,3,13-17H2,1-2H3,(H2,30,31,32,36)/t23-/m1/s1. The largest absolute Gasteiger partial charge is 0.463 e. The molecule has 1 fully saturated rings. The molecule has 2 N–H and O–H groups in total. The Morgan fingerprint density at radius 3 is 2.49 bits per heavy atom. The maximum atomic E-state index is 14.2. The minimum Gasteiger partial charge on any atom is -0.463 e. The van der Waals surface area contributed by atoms with E-state index in [-0.39, 0.29) is 12.4 Å². The number of hydrogen-bond acceptors (Lipinski definition) is 7. The van der Waals surface area contributed by atoms with Crippen LogP contribution in [0.4, 0.5) is 16.0 Å². The fourth-order valence-electron chi connectivity index (χ4n) is 5.14. The van der Waals surface area contributed by atoms with Gasteiger partial charge in [-0.3, -0.25) is 9.88 Å². The zero-order valence-corrected chi connectivity index (χ0v) is 21.0. The van der Waals surface area contributed by atoms with E-state index >= 15 is 0 Å². The maximum Gasteiger partial charge on any atom is 0.348 e. The van der Waals surface area contributed by atoms with Gasteiger partial charge in [0.05, 0.1) is 18.1 Å². The van der Waals surface area contributed by atoms with Crippen LogP contribution in [-0.2, 0) is 16.1 Å². The highest BCUT2D eigenvalue weighted by Gasteiger charge is 2.38. The first-order valence-corrected chi connectivity index (χ1v) is 12.5. The van der Waals surface area contributed by atoms with Crippen molar-refractivity contribution in [3.8, 4) is 0 Å². The van der Waals surface area contributed by atoms with Gasteiger partial charge in [-0.2, -0.15) is 4.98 Å². The van der Waals surface area contributed by atoms with E-state index in [9.17, 15) is 14.0 Å². The minimum atomic E-state index is -0.465. The molecule has 0 radical (unpaired) electrons. The SMILES string of the molecule is CCOC(=O)C1=C(C)Nc2[nH]c(=O)nc(N3CCN(Cc4ccccc4F)CC3)c2[C@@H]1c1ccccc1. The van der Waals surface area contributed by atoms with E-state index in [1.54, 1.807) is 19.1 Å². The number of allylic oxidation sites excluding steroid dienone is 1. The molecule has 37 heavy (non-hydrogen) atoms. The van der Waals surface area contributed by atoms with E-state index in [2.05, 4.69) is 25.1 Å². The number of H-pyrrole nitrogens is 1. The second kappa shape index (κ2) is 10.6. The Balaban J connectivity index is 1.50. The Bertz CT molecular complexity index is 1380. The van der Waals surface area contributed by atoms with Gasteiger partial charge < -0.3 is 15.0 Å². The fraction of sp³-hybridized carbons (Fsp3) is 0.321. The number of aromatic amines is 1. The van der Waals surface area contributed by atoms with E-state index in [4.69, 9.17) is 4.74 Å². The molecule has 2 aliphatic rings. The lowest BCUT2D eigenvalue weighted by Crippen LogP contribution is -2.47. The van der Waals surface area contributed by atoms with E-state index in [1.807, 2.05) is 43.3 Å². The molecule has 3 heterocycles. The summed E-state index contributed by atoms with van der Waals surface area (Å²) in [5, 5.41) is 3.22. The average molecular weight is 504 g/mol. The number of aromatic nitrogens is 2. The minimum absolute atomic E-state index is 0.208. The third kappa shape index (κ3) is 4.99. The zero-order chi connectivity index (χ0) is 25.9. The number of nitrogens with one attached hydrogen (secondary N) is 2. The second-order valence-corrected chi connectivity index (χ2v) is 9.24. The molecule has 0 bridgehead atoms. The highest BCUT2D eigenvalue weighted by molar-refractivity contribution is 5.95. The van der Waals surface area contributed by atoms with Gasteiger partial charge in [0.15, 0.2) is 0 Å². The van der Waals surface area contributed by atoms with Crippen molar-refractivity contribution in [1.82, 2.24) is 14.9 Å². The summed E-state index contributed by atoms with van der Waals surface area (Å²) in [4.78, 5) is 37.3. The molecular formula is C28H30FN5O3. The van der Waals surface area contributed by atoms with Crippen molar-refractivity contribution >= 4 is 17.6 Å². The molecule has 192 valence electrons. The second-order valence-electron chi connectivity index (χ2n) is 9.24. The third-order valence-corrected chi connectivity index (χ3v) is 6.90. The Morgan fingerprint density at radius 1 is 1.08 bits per heavy atom. The lowest BCUT2D eigenvalue weighted by molar-refractivity contribution is -0.138. The van der Waals surface area contributed by atoms with Gasteiger partial charge in [0, 0.05) is 49.5 Å². The molecule has 0 aliphatic carbocycles. The average Bonchev–Trinajstić information content (AvgIpc) is 2.90. The molecular weight excluding hydrogens is 473 g/mol. The van der Waals surface area contributed by atoms with Crippen LogP contribution >= 0.6 is 0 Å². The molecule has 0 spiro atoms. The van der Waals surface area contributed by atoms with Crippen LogP contribution in [0.5, 0.6) is 0 Å². The summed E-state index contributed by atoms with van der Waals surface area (Å²) in [7, 11) is 0. The summed E-state index contributed by atoms with van der Waals surface area (Å²) in [5.41, 5.74) is 2.96. The highest BCUT2D eigenvalue weighted by Crippen LogP contribution is 2.44. The van der Waals surface area contributed by atoms with E-state index in [0.717, 1.165) is 11.1 Å². The number of carbonyl (C=O) groups is 1. The number of anilines is 2. The summed E-state index contributed by atoms with van der Waals surface area (Å²) in [6.07, 6.45) is 0. The summed E-state index contributed by atoms with van der Waals surface area (Å²) in [6.45, 7) is 6.94. The van der Waals surface area contributed by atoms with E-state index < -0.39 is 17.6 Å². The lowest BCUT2D eigenvalue weighted by atomic mass is 9.81. The first kappa shape index (κ1) is 24.7. The van der Waals surface area contributed by atoms with Crippen LogP contribution in [0.2, 0.25) is 0 Å². The number of benzene rings is 2. The molecule has 5 rings (SSSR count). The van der Waals surface area contributed by atoms with Crippen LogP contribution < -0.4 is 15.9 Å². The molecule has 1 saturated heterocycles. The van der Waals surface area contributed by atoms with Crippen LogP contribution in [0.3, 0.4) is 0 Å². The summed E-state index contributed by atoms with van der Waals surface area (Å²) in [5.74, 6) is -0.00465. The van der Waals surface area contributed by atoms with Crippen molar-refractivity contribution in [2.45, 2.75) is 26.3 Å². The number of hydrogen-bond donors (Lipinski definition) is 2. The highest BCUT2D eigenvalue weighted by atomic mass is 19.1. The number of piperazine rings is 1. The van der Waals surface area contributed by atoms with Gasteiger partial charge in [0.2, 0.25) is 0 Å². The first-order valence-electron chi connectivity index (χ1n) is 12.5. The molecule has 2 aliphatic heterocycles. The summed E-state index contributed by atoms with van der Waals surface area (Å²) >= 11 is 0. The van der Waals surface area contributed by atoms with Crippen molar-refractivity contribution < 1.29 is 13.9 Å². The number of halogens is 1. The van der Waals surface area contributed by atoms with Gasteiger partial charge in [-0.15, -0.1) is 0 Å². The molecule has 0 unspecified atom stereocenters. The Labute approximate surface area is 214 Å². The number of ether oxygens (including phenoxy) is 1. The first-order chi connectivity index (χ1) is 18.0. The normalized spacial score (nSPS) is 17.8. The topological polar surface area (TPSA) is 90.6 Å². The molecule has 9 heteroatoms. The van der Waals surface area contributed by atoms with Gasteiger partial charge in [0.25, 0.3) is 0 Å². The molecule has 0 saturated carbocycles. The van der Waals surface area contributed by atoms with Crippen molar-refractivity contribution in [2.75, 3.05) is 43.0 Å². The number of esters is 1. The summed E-state index contributed by atoms with van der Waals surface area (Å²) in [6, 6.07) is 16.5. The van der Waals surface area contributed by atoms with Crippen LogP contribution in [-0.4, -0.2) is 53.6 Å². The lowest BCUT2D eigenvalue weighted by Gasteiger charge is -2.38. The van der Waals surface area contributed by atoms with Crippen LogP contribution in [0.25, 0.3) is 0 Å². The van der Waals surface area contributed by atoms with Crippen molar-refractivity contribution in [2.24, 2.45) is 0 Å². The quantitative estimate of drug-likeness (QED) is 0.497. The Morgan fingerprint density at radius 2 is 1.78 bits per heavy atom. The Hall–Kier alpha value is -3.98. The predicted octanol–water partition coefficient (Wildman–Crippen LogP) is 3.63. The van der Waals surface area contributed by atoms with Gasteiger partial charge in [-0.05, 0) is 25.5 Å². The zero-order valence-electron chi connectivity index (χ0n) is 21.0. The summed E-state index contributed by atoms with van der Waals surface area (Å²) < 4.78 is 19.6. The number of fused-ring (bicyclic) bond motifs is 1. The van der Waals surface area contributed by atoms with Gasteiger partial charge in [0.1, 0.15) is 17.5 Å². The van der Waals surface area contributed by atoms with Crippen LogP contribution in [0, 0.1) is 5.82 Å².